The quantitative estimate of drug-likeness (QED) is 0.644. The average Bonchev–Trinajstić information content (AvgIpc) is 2.34. The molecule has 0 aromatic rings. The molecule has 1 rings (SSSR count). The maximum Gasteiger partial charge on any atom is 0.0297 e. The van der Waals surface area contributed by atoms with Crippen LogP contribution in [0.1, 0.15) is 33.1 Å². The fraction of sp³-hybridized carbons (Fsp3) is 0.600. The van der Waals surface area contributed by atoms with Gasteiger partial charge >= 0.3 is 0 Å². The van der Waals surface area contributed by atoms with Crippen LogP contribution >= 0.6 is 0 Å². The van der Waals surface area contributed by atoms with Crippen molar-refractivity contribution in [3.05, 3.63) is 23.3 Å². The molecule has 0 aromatic carbocycles. The molecule has 11 heavy (non-hydrogen) atoms. The first-order valence-corrected chi connectivity index (χ1v) is 4.39. The number of hydrogen-bond donors (Lipinski definition) is 1. The Labute approximate surface area is 69.0 Å². The van der Waals surface area contributed by atoms with Gasteiger partial charge in [0.05, 0.1) is 0 Å². The van der Waals surface area contributed by atoms with Crippen molar-refractivity contribution in [1.29, 1.82) is 0 Å². The average molecular weight is 151 g/mol. The summed E-state index contributed by atoms with van der Waals surface area (Å²) < 4.78 is 0. The van der Waals surface area contributed by atoms with Gasteiger partial charge in [-0.1, -0.05) is 24.6 Å². The summed E-state index contributed by atoms with van der Waals surface area (Å²) in [5.74, 6) is 0. The highest BCUT2D eigenvalue weighted by Gasteiger charge is 2.18. The topological polar surface area (TPSA) is 26.0 Å². The number of rotatable bonds is 2. The maximum absolute atomic E-state index is 5.92. The molecule has 1 aliphatic rings. The molecule has 62 valence electrons. The monoisotopic (exact) mass is 151 g/mol. The van der Waals surface area contributed by atoms with Crippen LogP contribution in [0, 0.1) is 0 Å². The van der Waals surface area contributed by atoms with E-state index in [0.717, 1.165) is 12.8 Å². The molecule has 1 heteroatoms. The van der Waals surface area contributed by atoms with Crippen LogP contribution < -0.4 is 5.73 Å². The highest BCUT2D eigenvalue weighted by Crippen LogP contribution is 2.27. The molecule has 1 aliphatic carbocycles. The molecule has 0 heterocycles. The molecular formula is C10H17N. The van der Waals surface area contributed by atoms with Gasteiger partial charge in [0.1, 0.15) is 0 Å². The van der Waals surface area contributed by atoms with Crippen molar-refractivity contribution in [3.8, 4) is 0 Å². The van der Waals surface area contributed by atoms with Crippen LogP contribution in [0.4, 0.5) is 0 Å². The van der Waals surface area contributed by atoms with Crippen molar-refractivity contribution in [2.24, 2.45) is 5.73 Å². The first kappa shape index (κ1) is 8.54. The summed E-state index contributed by atoms with van der Waals surface area (Å²) >= 11 is 0. The van der Waals surface area contributed by atoms with E-state index in [1.807, 2.05) is 6.92 Å². The fourth-order valence-electron chi connectivity index (χ4n) is 1.69. The predicted octanol–water partition coefficient (Wildman–Crippen LogP) is 2.39. The van der Waals surface area contributed by atoms with Crippen LogP contribution in [0.5, 0.6) is 0 Å². The lowest BCUT2D eigenvalue weighted by molar-refractivity contribution is 0.755. The first-order chi connectivity index (χ1) is 5.29. The largest absolute Gasteiger partial charge is 0.324 e. The Kier molecular flexibility index (Phi) is 2.89. The second-order valence-corrected chi connectivity index (χ2v) is 3.06. The molecule has 0 spiro atoms. The molecular weight excluding hydrogens is 134 g/mol. The van der Waals surface area contributed by atoms with E-state index in [2.05, 4.69) is 19.1 Å². The Bertz CT molecular complexity index is 189. The maximum atomic E-state index is 5.92. The minimum absolute atomic E-state index is 0.307. The van der Waals surface area contributed by atoms with Crippen molar-refractivity contribution in [3.63, 3.8) is 0 Å². The Balaban J connectivity index is 2.80. The van der Waals surface area contributed by atoms with Gasteiger partial charge in [0.25, 0.3) is 0 Å². The first-order valence-electron chi connectivity index (χ1n) is 4.39. The molecule has 2 N–H and O–H groups in total. The smallest absolute Gasteiger partial charge is 0.0297 e. The second-order valence-electron chi connectivity index (χ2n) is 3.06. The standard InChI is InChI=1S/C10H17N/c1-3-5-9-8(4-2)6-7-10(9)11/h3,5,10H,4,6-7,11H2,1-2H3/b5-3-. The molecule has 0 aromatic heterocycles. The Morgan fingerprint density at radius 1 is 1.64 bits per heavy atom. The van der Waals surface area contributed by atoms with E-state index in [-0.39, 0.29) is 0 Å². The van der Waals surface area contributed by atoms with Crippen LogP contribution in [-0.4, -0.2) is 6.04 Å². The molecule has 0 bridgehead atoms. The molecule has 0 amide bonds. The van der Waals surface area contributed by atoms with Gasteiger partial charge in [-0.2, -0.15) is 0 Å². The third-order valence-corrected chi connectivity index (χ3v) is 2.34. The molecule has 0 aliphatic heterocycles. The predicted molar refractivity (Wildman–Crippen MR) is 49.3 cm³/mol. The number of nitrogens with two attached hydrogens (primary N) is 1. The van der Waals surface area contributed by atoms with Crippen LogP contribution in [0.3, 0.4) is 0 Å². The summed E-state index contributed by atoms with van der Waals surface area (Å²) in [4.78, 5) is 0. The van der Waals surface area contributed by atoms with Crippen molar-refractivity contribution in [2.75, 3.05) is 0 Å². The third kappa shape index (κ3) is 1.72. The SMILES string of the molecule is C/C=C\C1=C(CC)CCC1N. The van der Waals surface area contributed by atoms with Crippen LogP contribution in [0.15, 0.2) is 23.3 Å². The van der Waals surface area contributed by atoms with Crippen LogP contribution in [-0.2, 0) is 0 Å². The number of allylic oxidation sites excluding steroid dienone is 2. The highest BCUT2D eigenvalue weighted by molar-refractivity contribution is 5.34. The molecule has 1 unspecified atom stereocenters. The molecule has 0 radical (unpaired) electrons. The molecule has 1 atom stereocenters. The molecule has 0 saturated carbocycles. The van der Waals surface area contributed by atoms with Crippen LogP contribution in [0.25, 0.3) is 0 Å². The lowest BCUT2D eigenvalue weighted by Crippen LogP contribution is -2.17. The van der Waals surface area contributed by atoms with Gasteiger partial charge in [-0.05, 0) is 31.8 Å². The van der Waals surface area contributed by atoms with Gasteiger partial charge in [0.15, 0.2) is 0 Å². The summed E-state index contributed by atoms with van der Waals surface area (Å²) in [6.07, 6.45) is 7.75. The lowest BCUT2D eigenvalue weighted by atomic mass is 10.1. The van der Waals surface area contributed by atoms with Gasteiger partial charge in [-0.15, -0.1) is 0 Å². The summed E-state index contributed by atoms with van der Waals surface area (Å²) in [6, 6.07) is 0.307. The van der Waals surface area contributed by atoms with E-state index in [4.69, 9.17) is 5.73 Å². The Morgan fingerprint density at radius 2 is 2.36 bits per heavy atom. The second kappa shape index (κ2) is 3.72. The summed E-state index contributed by atoms with van der Waals surface area (Å²) in [7, 11) is 0. The zero-order chi connectivity index (χ0) is 8.27. The molecule has 1 nitrogen and oxygen atoms in total. The molecule has 0 fully saturated rings. The lowest BCUT2D eigenvalue weighted by Gasteiger charge is -2.04. The number of hydrogen-bond acceptors (Lipinski definition) is 1. The zero-order valence-electron chi connectivity index (χ0n) is 7.43. The zero-order valence-corrected chi connectivity index (χ0v) is 7.43. The van der Waals surface area contributed by atoms with Crippen molar-refractivity contribution >= 4 is 0 Å². The molecule has 0 saturated heterocycles. The summed E-state index contributed by atoms with van der Waals surface area (Å²) in [5.41, 5.74) is 8.86. The van der Waals surface area contributed by atoms with E-state index < -0.39 is 0 Å². The Hall–Kier alpha value is -0.560. The third-order valence-electron chi connectivity index (χ3n) is 2.34. The van der Waals surface area contributed by atoms with E-state index >= 15 is 0 Å². The van der Waals surface area contributed by atoms with Crippen LogP contribution in [0.2, 0.25) is 0 Å². The summed E-state index contributed by atoms with van der Waals surface area (Å²) in [6.45, 7) is 4.25. The minimum atomic E-state index is 0.307. The van der Waals surface area contributed by atoms with E-state index in [1.165, 1.54) is 12.0 Å². The minimum Gasteiger partial charge on any atom is -0.324 e. The van der Waals surface area contributed by atoms with Gasteiger partial charge < -0.3 is 5.73 Å². The van der Waals surface area contributed by atoms with Crippen molar-refractivity contribution < 1.29 is 0 Å². The van der Waals surface area contributed by atoms with E-state index in [0.29, 0.717) is 6.04 Å². The van der Waals surface area contributed by atoms with E-state index in [9.17, 15) is 0 Å². The van der Waals surface area contributed by atoms with Gasteiger partial charge in [0, 0.05) is 6.04 Å². The van der Waals surface area contributed by atoms with Gasteiger partial charge in [-0.3, -0.25) is 0 Å². The van der Waals surface area contributed by atoms with Crippen molar-refractivity contribution in [1.82, 2.24) is 0 Å². The summed E-state index contributed by atoms with van der Waals surface area (Å²) in [5, 5.41) is 0. The normalized spacial score (nSPS) is 25.5. The highest BCUT2D eigenvalue weighted by atomic mass is 14.6. The van der Waals surface area contributed by atoms with E-state index in [1.54, 1.807) is 5.57 Å². The van der Waals surface area contributed by atoms with Gasteiger partial charge in [0.2, 0.25) is 0 Å². The Morgan fingerprint density at radius 3 is 2.91 bits per heavy atom. The fourth-order valence-corrected chi connectivity index (χ4v) is 1.69. The van der Waals surface area contributed by atoms with Crippen molar-refractivity contribution in [2.45, 2.75) is 39.2 Å². The van der Waals surface area contributed by atoms with Gasteiger partial charge in [-0.25, -0.2) is 0 Å².